The lowest BCUT2D eigenvalue weighted by atomic mass is 9.97. The first-order chi connectivity index (χ1) is 11.9. The molecule has 0 aliphatic rings. The maximum atomic E-state index is 11.9. The van der Waals surface area contributed by atoms with E-state index in [0.717, 1.165) is 16.7 Å². The summed E-state index contributed by atoms with van der Waals surface area (Å²) in [5, 5.41) is 10.6. The largest absolute Gasteiger partial charge is 0.238 e. The van der Waals surface area contributed by atoms with E-state index >= 15 is 0 Å². The summed E-state index contributed by atoms with van der Waals surface area (Å²) in [6.07, 6.45) is 1.50. The minimum atomic E-state index is -3.82. The molecule has 0 fully saturated rings. The fourth-order valence-electron chi connectivity index (χ4n) is 3.06. The SMILES string of the molecule is Cc1ccc(S(N)(=O)=O)c(CCCc2c(S(N)(=O)=O)ccc(C)c2C)c1. The zero-order chi connectivity index (χ0) is 19.7. The lowest BCUT2D eigenvalue weighted by molar-refractivity contribution is 0.595. The summed E-state index contributed by atoms with van der Waals surface area (Å²) in [5.74, 6) is 0. The van der Waals surface area contributed by atoms with Crippen molar-refractivity contribution in [2.24, 2.45) is 10.3 Å². The molecule has 0 saturated heterocycles. The highest BCUT2D eigenvalue weighted by Gasteiger charge is 2.18. The van der Waals surface area contributed by atoms with Gasteiger partial charge in [-0.1, -0.05) is 23.8 Å². The van der Waals surface area contributed by atoms with E-state index in [9.17, 15) is 16.8 Å². The van der Waals surface area contributed by atoms with E-state index in [1.165, 1.54) is 12.1 Å². The molecule has 26 heavy (non-hydrogen) atoms. The first kappa shape index (κ1) is 20.6. The molecule has 0 unspecified atom stereocenters. The highest BCUT2D eigenvalue weighted by atomic mass is 32.2. The van der Waals surface area contributed by atoms with E-state index in [4.69, 9.17) is 10.3 Å². The first-order valence-electron chi connectivity index (χ1n) is 8.15. The Hall–Kier alpha value is -1.74. The quantitative estimate of drug-likeness (QED) is 0.776. The fraction of sp³-hybridized carbons (Fsp3) is 0.333. The van der Waals surface area contributed by atoms with Gasteiger partial charge in [0, 0.05) is 0 Å². The van der Waals surface area contributed by atoms with Crippen LogP contribution in [0.5, 0.6) is 0 Å². The lowest BCUT2D eigenvalue weighted by Gasteiger charge is -2.14. The lowest BCUT2D eigenvalue weighted by Crippen LogP contribution is -2.16. The van der Waals surface area contributed by atoms with E-state index in [-0.39, 0.29) is 9.79 Å². The van der Waals surface area contributed by atoms with E-state index in [1.807, 2.05) is 20.8 Å². The van der Waals surface area contributed by atoms with Crippen molar-refractivity contribution in [3.05, 3.63) is 58.1 Å². The first-order valence-corrected chi connectivity index (χ1v) is 11.2. The molecule has 2 aromatic carbocycles. The van der Waals surface area contributed by atoms with E-state index in [2.05, 4.69) is 0 Å². The van der Waals surface area contributed by atoms with Crippen molar-refractivity contribution in [3.8, 4) is 0 Å². The van der Waals surface area contributed by atoms with Crippen molar-refractivity contribution in [3.63, 3.8) is 0 Å². The number of benzene rings is 2. The second-order valence-corrected chi connectivity index (χ2v) is 9.60. The zero-order valence-corrected chi connectivity index (χ0v) is 16.7. The van der Waals surface area contributed by atoms with E-state index in [0.29, 0.717) is 30.4 Å². The molecule has 8 heteroatoms. The molecule has 0 amide bonds. The summed E-state index contributed by atoms with van der Waals surface area (Å²) in [6.45, 7) is 5.65. The van der Waals surface area contributed by atoms with Crippen molar-refractivity contribution in [2.45, 2.75) is 49.8 Å². The summed E-state index contributed by atoms with van der Waals surface area (Å²) in [6, 6.07) is 8.26. The smallest absolute Gasteiger partial charge is 0.225 e. The number of primary sulfonamides is 2. The van der Waals surface area contributed by atoms with Crippen LogP contribution in [0.4, 0.5) is 0 Å². The number of sulfonamides is 2. The van der Waals surface area contributed by atoms with Gasteiger partial charge in [0.25, 0.3) is 0 Å². The molecule has 0 atom stereocenters. The number of nitrogens with two attached hydrogens (primary N) is 2. The molecule has 0 saturated carbocycles. The summed E-state index contributed by atoms with van der Waals surface area (Å²) < 4.78 is 47.3. The number of rotatable bonds is 6. The molecule has 2 rings (SSSR count). The molecule has 142 valence electrons. The van der Waals surface area contributed by atoms with Crippen LogP contribution in [0.3, 0.4) is 0 Å². The van der Waals surface area contributed by atoms with Gasteiger partial charge in [0.15, 0.2) is 0 Å². The summed E-state index contributed by atoms with van der Waals surface area (Å²) in [7, 11) is -7.63. The Labute approximate surface area is 155 Å². The second-order valence-electron chi connectivity index (χ2n) is 6.54. The van der Waals surface area contributed by atoms with E-state index < -0.39 is 20.0 Å². The van der Waals surface area contributed by atoms with Crippen LogP contribution < -0.4 is 10.3 Å². The molecule has 4 N–H and O–H groups in total. The highest BCUT2D eigenvalue weighted by molar-refractivity contribution is 7.89. The molecular formula is C18H24N2O4S2. The van der Waals surface area contributed by atoms with Crippen molar-refractivity contribution >= 4 is 20.0 Å². The molecule has 0 aromatic heterocycles. The Kier molecular flexibility index (Phi) is 5.92. The maximum Gasteiger partial charge on any atom is 0.238 e. The standard InChI is InChI=1S/C18H24N2O4S2/c1-12-7-9-17(25(19,21)22)15(11-12)5-4-6-16-14(3)13(2)8-10-18(16)26(20,23)24/h7-11H,4-6H2,1-3H3,(H2,19,21,22)(H2,20,23,24). The predicted molar refractivity (Wildman–Crippen MR) is 102 cm³/mol. The fourth-order valence-corrected chi connectivity index (χ4v) is 4.70. The Morgan fingerprint density at radius 2 is 1.38 bits per heavy atom. The Bertz CT molecular complexity index is 1040. The zero-order valence-electron chi connectivity index (χ0n) is 15.1. The normalized spacial score (nSPS) is 12.3. The molecule has 0 heterocycles. The van der Waals surface area contributed by atoms with Gasteiger partial charge in [-0.25, -0.2) is 27.1 Å². The van der Waals surface area contributed by atoms with Crippen LogP contribution in [0, 0.1) is 20.8 Å². The minimum absolute atomic E-state index is 0.107. The molecule has 0 aliphatic heterocycles. The monoisotopic (exact) mass is 396 g/mol. The average Bonchev–Trinajstić information content (AvgIpc) is 2.49. The predicted octanol–water partition coefficient (Wildman–Crippen LogP) is 2.08. The molecule has 2 aromatic rings. The van der Waals surface area contributed by atoms with Gasteiger partial charge in [-0.15, -0.1) is 0 Å². The molecule has 0 aliphatic carbocycles. The second kappa shape index (κ2) is 7.48. The van der Waals surface area contributed by atoms with Crippen LogP contribution in [0.1, 0.15) is 34.2 Å². The van der Waals surface area contributed by atoms with Crippen LogP contribution >= 0.6 is 0 Å². The molecular weight excluding hydrogens is 372 g/mol. The number of aryl methyl sites for hydroxylation is 3. The van der Waals surface area contributed by atoms with Gasteiger partial charge < -0.3 is 0 Å². The van der Waals surface area contributed by atoms with Crippen molar-refractivity contribution in [2.75, 3.05) is 0 Å². The van der Waals surface area contributed by atoms with Gasteiger partial charge >= 0.3 is 0 Å². The Balaban J connectivity index is 2.33. The third-order valence-corrected chi connectivity index (χ3v) is 6.54. The van der Waals surface area contributed by atoms with Crippen molar-refractivity contribution in [1.29, 1.82) is 0 Å². The van der Waals surface area contributed by atoms with Crippen molar-refractivity contribution < 1.29 is 16.8 Å². The summed E-state index contributed by atoms with van der Waals surface area (Å²) >= 11 is 0. The van der Waals surface area contributed by atoms with Gasteiger partial charge in [0.1, 0.15) is 0 Å². The average molecular weight is 397 g/mol. The van der Waals surface area contributed by atoms with Crippen LogP contribution in [0.2, 0.25) is 0 Å². The van der Waals surface area contributed by atoms with Crippen LogP contribution in [0.25, 0.3) is 0 Å². The Morgan fingerprint density at radius 1 is 0.808 bits per heavy atom. The van der Waals surface area contributed by atoms with E-state index in [1.54, 1.807) is 18.2 Å². The van der Waals surface area contributed by atoms with Gasteiger partial charge in [-0.3, -0.25) is 0 Å². The van der Waals surface area contributed by atoms with Gasteiger partial charge in [0.05, 0.1) is 9.79 Å². The molecule has 0 bridgehead atoms. The number of hydrogen-bond acceptors (Lipinski definition) is 4. The van der Waals surface area contributed by atoms with Crippen LogP contribution in [0.15, 0.2) is 40.1 Å². The molecule has 0 radical (unpaired) electrons. The van der Waals surface area contributed by atoms with Gasteiger partial charge in [-0.2, -0.15) is 0 Å². The Morgan fingerprint density at radius 3 is 1.96 bits per heavy atom. The minimum Gasteiger partial charge on any atom is -0.225 e. The van der Waals surface area contributed by atoms with Gasteiger partial charge in [-0.05, 0) is 74.4 Å². The van der Waals surface area contributed by atoms with Crippen molar-refractivity contribution in [1.82, 2.24) is 0 Å². The molecule has 6 nitrogen and oxygen atoms in total. The third kappa shape index (κ3) is 4.70. The number of hydrogen-bond donors (Lipinski definition) is 2. The third-order valence-electron chi connectivity index (χ3n) is 4.53. The van der Waals surface area contributed by atoms with Gasteiger partial charge in [0.2, 0.25) is 20.0 Å². The molecule has 0 spiro atoms. The summed E-state index contributed by atoms with van der Waals surface area (Å²) in [5.41, 5.74) is 4.11. The maximum absolute atomic E-state index is 11.9. The topological polar surface area (TPSA) is 120 Å². The van der Waals surface area contributed by atoms with Crippen LogP contribution in [-0.4, -0.2) is 16.8 Å². The summed E-state index contributed by atoms with van der Waals surface area (Å²) in [4.78, 5) is 0.229. The van der Waals surface area contributed by atoms with Crippen LogP contribution in [-0.2, 0) is 32.9 Å². The highest BCUT2D eigenvalue weighted by Crippen LogP contribution is 2.25.